The number of carbonyl (C=O) groups excluding carboxylic acids is 1. The summed E-state index contributed by atoms with van der Waals surface area (Å²) in [5.74, 6) is -2.69. The van der Waals surface area contributed by atoms with E-state index in [4.69, 9.17) is 5.11 Å². The summed E-state index contributed by atoms with van der Waals surface area (Å²) < 4.78 is 24.8. The van der Waals surface area contributed by atoms with E-state index in [1.165, 1.54) is 30.1 Å². The molecule has 0 heterocycles. The lowest BCUT2D eigenvalue weighted by molar-refractivity contribution is -0.126. The molecule has 110 valence electrons. The van der Waals surface area contributed by atoms with E-state index in [1.807, 2.05) is 0 Å². The maximum atomic E-state index is 12.2. The number of aromatic carboxylic acids is 1. The normalized spacial score (nSPS) is 11.2. The molecule has 0 bridgehead atoms. The molecule has 0 unspecified atom stereocenters. The number of benzene rings is 1. The third-order valence-corrected chi connectivity index (χ3v) is 4.85. The van der Waals surface area contributed by atoms with E-state index in [-0.39, 0.29) is 10.5 Å². The largest absolute Gasteiger partial charge is 0.478 e. The summed E-state index contributed by atoms with van der Waals surface area (Å²) in [6.45, 7) is 2.09. The molecule has 8 heteroatoms. The molecule has 0 radical (unpaired) electrons. The van der Waals surface area contributed by atoms with Crippen molar-refractivity contribution in [3.05, 3.63) is 28.2 Å². The van der Waals surface area contributed by atoms with Crippen molar-refractivity contribution < 1.29 is 23.1 Å². The standard InChI is InChI=1S/C12H14BrNO5S/c1-3-14(2)11(15)7-20(18,19)10-6-8(13)4-5-9(10)12(16)17/h4-6H,3,7H2,1-2H3,(H,16,17). The number of carbonyl (C=O) groups is 2. The van der Waals surface area contributed by atoms with E-state index >= 15 is 0 Å². The van der Waals surface area contributed by atoms with Crippen LogP contribution in [0.5, 0.6) is 0 Å². The number of rotatable bonds is 5. The van der Waals surface area contributed by atoms with Gasteiger partial charge in [-0.2, -0.15) is 0 Å². The highest BCUT2D eigenvalue weighted by Crippen LogP contribution is 2.22. The quantitative estimate of drug-likeness (QED) is 0.853. The van der Waals surface area contributed by atoms with E-state index in [0.29, 0.717) is 11.0 Å². The van der Waals surface area contributed by atoms with Gasteiger partial charge in [-0.1, -0.05) is 15.9 Å². The maximum Gasteiger partial charge on any atom is 0.337 e. The second kappa shape index (κ2) is 6.36. The highest BCUT2D eigenvalue weighted by atomic mass is 79.9. The third kappa shape index (κ3) is 3.80. The topological polar surface area (TPSA) is 91.8 Å². The molecule has 1 amide bonds. The molecule has 20 heavy (non-hydrogen) atoms. The van der Waals surface area contributed by atoms with Crippen LogP contribution in [0.2, 0.25) is 0 Å². The van der Waals surface area contributed by atoms with E-state index in [0.717, 1.165) is 0 Å². The molecule has 0 spiro atoms. The number of amides is 1. The summed E-state index contributed by atoms with van der Waals surface area (Å²) in [6, 6.07) is 3.81. The Morgan fingerprint density at radius 2 is 1.95 bits per heavy atom. The lowest BCUT2D eigenvalue weighted by atomic mass is 10.2. The van der Waals surface area contributed by atoms with Gasteiger partial charge in [-0.25, -0.2) is 13.2 Å². The van der Waals surface area contributed by atoms with Crippen LogP contribution in [0.15, 0.2) is 27.6 Å². The Labute approximate surface area is 125 Å². The maximum absolute atomic E-state index is 12.2. The summed E-state index contributed by atoms with van der Waals surface area (Å²) in [5, 5.41) is 9.03. The van der Waals surface area contributed by atoms with E-state index in [9.17, 15) is 18.0 Å². The molecule has 1 rings (SSSR count). The van der Waals surface area contributed by atoms with Gasteiger partial charge in [0.1, 0.15) is 5.75 Å². The first-order valence-corrected chi connectivity index (χ1v) is 8.13. The van der Waals surface area contributed by atoms with Crippen molar-refractivity contribution in [1.82, 2.24) is 4.90 Å². The van der Waals surface area contributed by atoms with Crippen LogP contribution in [0, 0.1) is 0 Å². The summed E-state index contributed by atoms with van der Waals surface area (Å²) in [6.07, 6.45) is 0. The van der Waals surface area contributed by atoms with Crippen LogP contribution in [0.3, 0.4) is 0 Å². The fraction of sp³-hybridized carbons (Fsp3) is 0.333. The first-order valence-electron chi connectivity index (χ1n) is 5.68. The molecular weight excluding hydrogens is 350 g/mol. The Balaban J connectivity index is 3.25. The Morgan fingerprint density at radius 3 is 2.45 bits per heavy atom. The zero-order chi connectivity index (χ0) is 15.5. The first kappa shape index (κ1) is 16.6. The number of nitrogens with zero attached hydrogens (tertiary/aromatic N) is 1. The summed E-state index contributed by atoms with van der Waals surface area (Å²) in [5.41, 5.74) is -0.347. The van der Waals surface area contributed by atoms with Gasteiger partial charge in [0.05, 0.1) is 10.5 Å². The Morgan fingerprint density at radius 1 is 1.35 bits per heavy atom. The van der Waals surface area contributed by atoms with Crippen molar-refractivity contribution >= 4 is 37.6 Å². The molecule has 6 nitrogen and oxygen atoms in total. The lowest BCUT2D eigenvalue weighted by Gasteiger charge is -2.15. The average Bonchev–Trinajstić information content (AvgIpc) is 2.36. The van der Waals surface area contributed by atoms with Crippen molar-refractivity contribution in [2.75, 3.05) is 19.3 Å². The van der Waals surface area contributed by atoms with E-state index < -0.39 is 27.5 Å². The van der Waals surface area contributed by atoms with E-state index in [2.05, 4.69) is 15.9 Å². The molecule has 0 aliphatic carbocycles. The molecule has 1 aromatic rings. The van der Waals surface area contributed by atoms with Gasteiger partial charge in [0, 0.05) is 18.1 Å². The van der Waals surface area contributed by atoms with Crippen LogP contribution < -0.4 is 0 Å². The second-order valence-corrected chi connectivity index (χ2v) is 6.99. The molecule has 0 aliphatic heterocycles. The molecule has 0 fully saturated rings. The van der Waals surface area contributed by atoms with Gasteiger partial charge in [0.15, 0.2) is 9.84 Å². The van der Waals surface area contributed by atoms with Crippen molar-refractivity contribution in [3.63, 3.8) is 0 Å². The Bertz CT molecular complexity index is 641. The van der Waals surface area contributed by atoms with Crippen LogP contribution in [-0.4, -0.2) is 49.6 Å². The molecular formula is C12H14BrNO5S. The minimum Gasteiger partial charge on any atom is -0.478 e. The highest BCUT2D eigenvalue weighted by molar-refractivity contribution is 9.10. The van der Waals surface area contributed by atoms with Gasteiger partial charge in [-0.15, -0.1) is 0 Å². The minimum atomic E-state index is -4.01. The molecule has 0 saturated carbocycles. The molecule has 0 aromatic heterocycles. The number of sulfone groups is 1. The first-order chi connectivity index (χ1) is 9.19. The average molecular weight is 364 g/mol. The highest BCUT2D eigenvalue weighted by Gasteiger charge is 2.26. The van der Waals surface area contributed by atoms with E-state index in [1.54, 1.807) is 6.92 Å². The molecule has 0 saturated heterocycles. The summed E-state index contributed by atoms with van der Waals surface area (Å²) in [4.78, 5) is 23.7. The van der Waals surface area contributed by atoms with Crippen LogP contribution in [0.1, 0.15) is 17.3 Å². The lowest BCUT2D eigenvalue weighted by Crippen LogP contribution is -2.32. The van der Waals surface area contributed by atoms with Gasteiger partial charge in [-0.3, -0.25) is 4.79 Å². The predicted molar refractivity (Wildman–Crippen MR) is 76.5 cm³/mol. The van der Waals surface area contributed by atoms with Crippen LogP contribution >= 0.6 is 15.9 Å². The molecule has 0 aliphatic rings. The van der Waals surface area contributed by atoms with Crippen molar-refractivity contribution in [3.8, 4) is 0 Å². The van der Waals surface area contributed by atoms with Gasteiger partial charge >= 0.3 is 5.97 Å². The van der Waals surface area contributed by atoms with Crippen LogP contribution in [-0.2, 0) is 14.6 Å². The van der Waals surface area contributed by atoms with Gasteiger partial charge in [-0.05, 0) is 25.1 Å². The SMILES string of the molecule is CCN(C)C(=O)CS(=O)(=O)c1cc(Br)ccc1C(=O)O. The number of hydrogen-bond donors (Lipinski definition) is 1. The van der Waals surface area contributed by atoms with Crippen molar-refractivity contribution in [1.29, 1.82) is 0 Å². The van der Waals surface area contributed by atoms with Crippen molar-refractivity contribution in [2.45, 2.75) is 11.8 Å². The Hall–Kier alpha value is -1.41. The minimum absolute atomic E-state index is 0.347. The second-order valence-electron chi connectivity index (χ2n) is 4.11. The number of carboxylic acid groups (broad SMARTS) is 1. The van der Waals surface area contributed by atoms with Gasteiger partial charge in [0.25, 0.3) is 0 Å². The third-order valence-electron chi connectivity index (χ3n) is 2.72. The summed E-state index contributed by atoms with van der Waals surface area (Å²) in [7, 11) is -2.53. The summed E-state index contributed by atoms with van der Waals surface area (Å²) >= 11 is 3.09. The zero-order valence-corrected chi connectivity index (χ0v) is 13.4. The van der Waals surface area contributed by atoms with Crippen LogP contribution in [0.4, 0.5) is 0 Å². The van der Waals surface area contributed by atoms with Gasteiger partial charge < -0.3 is 10.0 Å². The Kier molecular flexibility index (Phi) is 5.29. The van der Waals surface area contributed by atoms with Crippen molar-refractivity contribution in [2.24, 2.45) is 0 Å². The fourth-order valence-electron chi connectivity index (χ4n) is 1.46. The van der Waals surface area contributed by atoms with Crippen LogP contribution in [0.25, 0.3) is 0 Å². The fourth-order valence-corrected chi connectivity index (χ4v) is 3.47. The molecule has 0 atom stereocenters. The smallest absolute Gasteiger partial charge is 0.337 e. The molecule has 1 aromatic carbocycles. The number of hydrogen-bond acceptors (Lipinski definition) is 4. The molecule has 1 N–H and O–H groups in total. The zero-order valence-electron chi connectivity index (χ0n) is 11.0. The predicted octanol–water partition coefficient (Wildman–Crippen LogP) is 1.40. The number of carboxylic acids is 1. The van der Waals surface area contributed by atoms with Gasteiger partial charge in [0.2, 0.25) is 5.91 Å². The number of halogens is 1. The monoisotopic (exact) mass is 363 g/mol.